The number of hydrogen-bond donors (Lipinski definition) is 3. The van der Waals surface area contributed by atoms with Gasteiger partial charge in [0.1, 0.15) is 0 Å². The van der Waals surface area contributed by atoms with Gasteiger partial charge in [-0.05, 0) is 57.8 Å². The van der Waals surface area contributed by atoms with Gasteiger partial charge < -0.3 is 20.3 Å². The lowest BCUT2D eigenvalue weighted by molar-refractivity contribution is -0.143. The molecule has 0 fully saturated rings. The Kier molecular flexibility index (Phi) is 67.9. The normalized spacial score (nSPS) is 12.7. The van der Waals surface area contributed by atoms with Gasteiger partial charge in [0.05, 0.1) is 25.4 Å². The summed E-state index contributed by atoms with van der Waals surface area (Å²) in [6.45, 7) is 4.87. The Morgan fingerprint density at radius 3 is 1.00 bits per heavy atom. The van der Waals surface area contributed by atoms with Crippen molar-refractivity contribution in [3.05, 3.63) is 36.5 Å². The fourth-order valence-electron chi connectivity index (χ4n) is 11.4. The maximum Gasteiger partial charge on any atom is 0.305 e. The van der Waals surface area contributed by atoms with Crippen molar-refractivity contribution in [3.8, 4) is 0 Å². The summed E-state index contributed by atoms with van der Waals surface area (Å²) in [6.07, 6.45) is 89.6. The second-order valence-electron chi connectivity index (χ2n) is 24.9. The highest BCUT2D eigenvalue weighted by Crippen LogP contribution is 2.19. The van der Waals surface area contributed by atoms with Crippen LogP contribution in [0.3, 0.4) is 0 Å². The van der Waals surface area contributed by atoms with Gasteiger partial charge in [-0.25, -0.2) is 0 Å². The van der Waals surface area contributed by atoms with Crippen LogP contribution < -0.4 is 5.32 Å². The highest BCUT2D eigenvalue weighted by molar-refractivity contribution is 5.76. The maximum atomic E-state index is 12.5. The molecule has 0 aromatic heterocycles. The number of nitrogens with one attached hydrogen (secondary N) is 1. The third kappa shape index (κ3) is 65.2. The summed E-state index contributed by atoms with van der Waals surface area (Å²) in [6, 6.07) is -0.624. The topological polar surface area (TPSA) is 95.9 Å². The Morgan fingerprint density at radius 2 is 0.650 bits per heavy atom. The van der Waals surface area contributed by atoms with Crippen LogP contribution in [-0.4, -0.2) is 47.4 Å². The van der Waals surface area contributed by atoms with Crippen molar-refractivity contribution in [2.75, 3.05) is 13.2 Å². The van der Waals surface area contributed by atoms with E-state index in [0.717, 1.165) is 51.4 Å². The molecule has 80 heavy (non-hydrogen) atoms. The molecule has 0 rings (SSSR count). The van der Waals surface area contributed by atoms with Gasteiger partial charge in [-0.1, -0.05) is 365 Å². The van der Waals surface area contributed by atoms with E-state index < -0.39 is 12.1 Å². The first-order chi connectivity index (χ1) is 39.5. The SMILES string of the molecule is CCC/C=C\C/C=C\CCCCCCCC(=O)OCCCCCCCCCCCCCCCCCCCCCCCCCCCCCCCCCCCC(=O)NC(CO)C(O)/C=C/CCCCCCCCCCCCCCCCC. The number of amides is 1. The zero-order valence-electron chi connectivity index (χ0n) is 54.1. The van der Waals surface area contributed by atoms with Gasteiger partial charge >= 0.3 is 5.97 Å². The Bertz CT molecular complexity index is 1300. The number of unbranched alkanes of at least 4 members (excludes halogenated alkanes) is 53. The second kappa shape index (κ2) is 69.6. The Hall–Kier alpha value is -1.92. The monoisotopic (exact) mass is 1120 g/mol. The van der Waals surface area contributed by atoms with E-state index in [1.807, 2.05) is 6.08 Å². The molecule has 0 radical (unpaired) electrons. The minimum atomic E-state index is -0.841. The first-order valence-corrected chi connectivity index (χ1v) is 36.3. The summed E-state index contributed by atoms with van der Waals surface area (Å²) >= 11 is 0. The summed E-state index contributed by atoms with van der Waals surface area (Å²) in [4.78, 5) is 24.5. The van der Waals surface area contributed by atoms with Crippen LogP contribution in [0.1, 0.15) is 399 Å². The molecule has 0 heterocycles. The van der Waals surface area contributed by atoms with E-state index in [4.69, 9.17) is 4.74 Å². The maximum absolute atomic E-state index is 12.5. The molecule has 2 unspecified atom stereocenters. The van der Waals surface area contributed by atoms with Gasteiger partial charge in [0, 0.05) is 12.8 Å². The van der Waals surface area contributed by atoms with Crippen LogP contribution in [0, 0.1) is 0 Å². The Labute approximate surface area is 500 Å². The Balaban J connectivity index is 3.34. The molecule has 0 aliphatic carbocycles. The Morgan fingerprint density at radius 1 is 0.350 bits per heavy atom. The predicted octanol–water partition coefficient (Wildman–Crippen LogP) is 23.5. The summed E-state index contributed by atoms with van der Waals surface area (Å²) in [5, 5.41) is 23.2. The lowest BCUT2D eigenvalue weighted by Crippen LogP contribution is -2.45. The molecule has 0 aliphatic rings. The molecule has 0 spiro atoms. The number of carbonyl (C=O) groups is 2. The fourth-order valence-corrected chi connectivity index (χ4v) is 11.4. The van der Waals surface area contributed by atoms with Crippen molar-refractivity contribution in [2.24, 2.45) is 0 Å². The van der Waals surface area contributed by atoms with Crippen LogP contribution in [0.5, 0.6) is 0 Å². The summed E-state index contributed by atoms with van der Waals surface area (Å²) in [5.74, 6) is -0.0539. The number of allylic oxidation sites excluding steroid dienone is 5. The molecular weight excluding hydrogens is 983 g/mol. The van der Waals surface area contributed by atoms with E-state index in [9.17, 15) is 19.8 Å². The molecule has 6 heteroatoms. The molecule has 0 saturated carbocycles. The molecule has 0 aromatic carbocycles. The van der Waals surface area contributed by atoms with E-state index in [0.29, 0.717) is 19.4 Å². The predicted molar refractivity (Wildman–Crippen MR) is 352 cm³/mol. The number of carbonyl (C=O) groups excluding carboxylic acids is 2. The average Bonchev–Trinajstić information content (AvgIpc) is 3.46. The molecule has 0 saturated heterocycles. The van der Waals surface area contributed by atoms with E-state index in [-0.39, 0.29) is 18.5 Å². The van der Waals surface area contributed by atoms with Crippen molar-refractivity contribution < 1.29 is 24.5 Å². The van der Waals surface area contributed by atoms with E-state index >= 15 is 0 Å². The second-order valence-corrected chi connectivity index (χ2v) is 24.9. The van der Waals surface area contributed by atoms with Crippen LogP contribution in [0.25, 0.3) is 0 Å². The highest BCUT2D eigenvalue weighted by atomic mass is 16.5. The first kappa shape index (κ1) is 78.1. The van der Waals surface area contributed by atoms with Crippen LogP contribution in [0.15, 0.2) is 36.5 Å². The van der Waals surface area contributed by atoms with Crippen LogP contribution >= 0.6 is 0 Å². The van der Waals surface area contributed by atoms with Crippen molar-refractivity contribution >= 4 is 11.9 Å². The summed E-state index contributed by atoms with van der Waals surface area (Å²) in [5.41, 5.74) is 0. The quantitative estimate of drug-likeness (QED) is 0.0320. The van der Waals surface area contributed by atoms with Crippen LogP contribution in [0.2, 0.25) is 0 Å². The van der Waals surface area contributed by atoms with Gasteiger partial charge in [-0.15, -0.1) is 0 Å². The van der Waals surface area contributed by atoms with Gasteiger partial charge in [-0.3, -0.25) is 9.59 Å². The molecule has 472 valence electrons. The largest absolute Gasteiger partial charge is 0.466 e. The fraction of sp³-hybridized carbons (Fsp3) is 0.892. The van der Waals surface area contributed by atoms with Crippen molar-refractivity contribution in [2.45, 2.75) is 411 Å². The molecule has 2 atom stereocenters. The third-order valence-corrected chi connectivity index (χ3v) is 16.9. The van der Waals surface area contributed by atoms with Crippen LogP contribution in [-0.2, 0) is 14.3 Å². The van der Waals surface area contributed by atoms with Crippen LogP contribution in [0.4, 0.5) is 0 Å². The molecule has 0 bridgehead atoms. The minimum absolute atomic E-state index is 0.00632. The third-order valence-electron chi connectivity index (χ3n) is 16.9. The lowest BCUT2D eigenvalue weighted by Gasteiger charge is -2.20. The molecule has 1 amide bonds. The number of rotatable bonds is 68. The van der Waals surface area contributed by atoms with Gasteiger partial charge in [0.15, 0.2) is 0 Å². The van der Waals surface area contributed by atoms with Gasteiger partial charge in [-0.2, -0.15) is 0 Å². The smallest absolute Gasteiger partial charge is 0.305 e. The van der Waals surface area contributed by atoms with E-state index in [1.54, 1.807) is 6.08 Å². The van der Waals surface area contributed by atoms with Crippen molar-refractivity contribution in [1.29, 1.82) is 0 Å². The summed E-state index contributed by atoms with van der Waals surface area (Å²) < 4.78 is 5.48. The van der Waals surface area contributed by atoms with E-state index in [2.05, 4.69) is 43.5 Å². The lowest BCUT2D eigenvalue weighted by atomic mass is 10.0. The van der Waals surface area contributed by atoms with Crippen molar-refractivity contribution in [1.82, 2.24) is 5.32 Å². The van der Waals surface area contributed by atoms with Crippen molar-refractivity contribution in [3.63, 3.8) is 0 Å². The number of esters is 1. The molecular formula is C74H141NO5. The van der Waals surface area contributed by atoms with Gasteiger partial charge in [0.2, 0.25) is 5.91 Å². The number of hydrogen-bond acceptors (Lipinski definition) is 5. The zero-order valence-corrected chi connectivity index (χ0v) is 54.1. The highest BCUT2D eigenvalue weighted by Gasteiger charge is 2.18. The zero-order chi connectivity index (χ0) is 57.8. The minimum Gasteiger partial charge on any atom is -0.466 e. The molecule has 6 nitrogen and oxygen atoms in total. The number of aliphatic hydroxyl groups is 2. The molecule has 0 aliphatic heterocycles. The summed E-state index contributed by atoms with van der Waals surface area (Å²) in [7, 11) is 0. The molecule has 3 N–H and O–H groups in total. The molecule has 0 aromatic rings. The average molecular weight is 1120 g/mol. The number of aliphatic hydroxyl groups excluding tert-OH is 2. The first-order valence-electron chi connectivity index (χ1n) is 36.3. The van der Waals surface area contributed by atoms with Gasteiger partial charge in [0.25, 0.3) is 0 Å². The standard InChI is InChI=1S/C74H141NO5/c1-3-5-7-9-11-13-15-17-18-36-39-43-46-50-54-58-62-66-72(77)71(70-76)75-73(78)67-63-59-55-51-47-44-40-37-34-32-30-28-26-24-22-20-19-21-23-25-27-29-31-33-35-38-41-45-49-53-57-61-65-69-80-74(79)68-64-60-56-52-48-42-16-14-12-10-8-6-4-2/h8,10,14,16,62,66,71-72,76-77H,3-7,9,11-13,15,17-61,63-65,67-70H2,1-2H3,(H,75,78)/b10-8-,16-14-,66-62+. The van der Waals surface area contributed by atoms with E-state index in [1.165, 1.54) is 321 Å². The number of ether oxygens (including phenoxy) is 1.